The Kier molecular flexibility index (Phi) is 13.9. The molecule has 26 heavy (non-hydrogen) atoms. The largest absolute Gasteiger partial charge is 0.466 e. The van der Waals surface area contributed by atoms with E-state index in [0.717, 1.165) is 37.8 Å². The molecule has 0 saturated heterocycles. The van der Waals surface area contributed by atoms with Crippen molar-refractivity contribution in [3.8, 4) is 0 Å². The average molecular weight is 483 g/mol. The van der Waals surface area contributed by atoms with Crippen LogP contribution in [-0.4, -0.2) is 32.1 Å². The van der Waals surface area contributed by atoms with Crippen molar-refractivity contribution in [2.45, 2.75) is 45.6 Å². The SMILES string of the molecule is CCOC(=O)CCCCCCNC(=NC)NCc1cc(F)ccc1F.I. The van der Waals surface area contributed by atoms with Crippen LogP contribution in [0, 0.1) is 11.6 Å². The molecule has 0 aliphatic rings. The number of hydrogen-bond donors (Lipinski definition) is 2. The Morgan fingerprint density at radius 3 is 2.58 bits per heavy atom. The van der Waals surface area contributed by atoms with Gasteiger partial charge in [0.05, 0.1) is 6.61 Å². The van der Waals surface area contributed by atoms with Crippen molar-refractivity contribution in [2.24, 2.45) is 4.99 Å². The Hall–Kier alpha value is -1.45. The highest BCUT2D eigenvalue weighted by atomic mass is 127. The van der Waals surface area contributed by atoms with Crippen LogP contribution >= 0.6 is 24.0 Å². The molecule has 0 fully saturated rings. The van der Waals surface area contributed by atoms with Gasteiger partial charge in [-0.05, 0) is 38.0 Å². The lowest BCUT2D eigenvalue weighted by molar-refractivity contribution is -0.143. The maximum atomic E-state index is 13.6. The molecule has 0 saturated carbocycles. The van der Waals surface area contributed by atoms with Crippen LogP contribution in [0.1, 0.15) is 44.6 Å². The molecule has 148 valence electrons. The normalized spacial score (nSPS) is 10.8. The number of nitrogens with zero attached hydrogens (tertiary/aromatic N) is 1. The van der Waals surface area contributed by atoms with E-state index in [1.165, 1.54) is 6.07 Å². The third kappa shape index (κ3) is 10.5. The zero-order valence-corrected chi connectivity index (χ0v) is 17.6. The molecular weight excluding hydrogens is 455 g/mol. The molecule has 2 N–H and O–H groups in total. The Labute approximate surface area is 171 Å². The number of carbonyl (C=O) groups excluding carboxylic acids is 1. The molecule has 0 aromatic heterocycles. The van der Waals surface area contributed by atoms with E-state index in [4.69, 9.17) is 4.74 Å². The summed E-state index contributed by atoms with van der Waals surface area (Å²) in [5.74, 6) is -0.528. The van der Waals surface area contributed by atoms with Gasteiger partial charge in [-0.1, -0.05) is 12.8 Å². The average Bonchev–Trinajstić information content (AvgIpc) is 2.59. The third-order valence-electron chi connectivity index (χ3n) is 3.58. The van der Waals surface area contributed by atoms with Crippen molar-refractivity contribution in [3.63, 3.8) is 0 Å². The lowest BCUT2D eigenvalue weighted by Crippen LogP contribution is -2.37. The van der Waals surface area contributed by atoms with Gasteiger partial charge in [-0.15, -0.1) is 24.0 Å². The predicted molar refractivity (Wildman–Crippen MR) is 110 cm³/mol. The standard InChI is InChI=1S/C18H27F2N3O2.HI/c1-3-25-17(24)8-6-4-5-7-11-22-18(21-2)23-13-14-12-15(19)9-10-16(14)20;/h9-10,12H,3-8,11,13H2,1-2H3,(H2,21,22,23);1H. The number of ether oxygens (including phenoxy) is 1. The molecule has 0 heterocycles. The van der Waals surface area contributed by atoms with Gasteiger partial charge in [-0.3, -0.25) is 9.79 Å². The minimum atomic E-state index is -0.469. The molecule has 8 heteroatoms. The highest BCUT2D eigenvalue weighted by Gasteiger charge is 2.05. The van der Waals surface area contributed by atoms with Crippen LogP contribution in [0.5, 0.6) is 0 Å². The summed E-state index contributed by atoms with van der Waals surface area (Å²) in [7, 11) is 1.62. The smallest absolute Gasteiger partial charge is 0.305 e. The Bertz CT molecular complexity index is 571. The van der Waals surface area contributed by atoms with E-state index in [1.807, 2.05) is 0 Å². The summed E-state index contributed by atoms with van der Waals surface area (Å²) in [4.78, 5) is 15.2. The summed E-state index contributed by atoms with van der Waals surface area (Å²) in [5.41, 5.74) is 0.252. The number of guanidine groups is 1. The number of rotatable bonds is 10. The summed E-state index contributed by atoms with van der Waals surface area (Å²) in [6.07, 6.45) is 4.16. The Morgan fingerprint density at radius 1 is 1.15 bits per heavy atom. The first-order valence-corrected chi connectivity index (χ1v) is 8.61. The van der Waals surface area contributed by atoms with Crippen LogP contribution in [0.3, 0.4) is 0 Å². The van der Waals surface area contributed by atoms with Crippen LogP contribution < -0.4 is 10.6 Å². The predicted octanol–water partition coefficient (Wildman–Crippen LogP) is 3.76. The van der Waals surface area contributed by atoms with E-state index >= 15 is 0 Å². The Balaban J connectivity index is 0.00000625. The molecular formula is C18H28F2IN3O2. The van der Waals surface area contributed by atoms with Crippen molar-refractivity contribution in [1.82, 2.24) is 10.6 Å². The zero-order chi connectivity index (χ0) is 18.5. The van der Waals surface area contributed by atoms with Gasteiger partial charge in [-0.2, -0.15) is 0 Å². The number of unbranched alkanes of at least 4 members (excludes halogenated alkanes) is 3. The number of esters is 1. The molecule has 1 aromatic rings. The number of aliphatic imine (C=N–C) groups is 1. The van der Waals surface area contributed by atoms with Gasteiger partial charge in [0, 0.05) is 32.1 Å². The molecule has 1 aromatic carbocycles. The molecule has 1 rings (SSSR count). The topological polar surface area (TPSA) is 62.7 Å². The van der Waals surface area contributed by atoms with Gasteiger partial charge < -0.3 is 15.4 Å². The fraction of sp³-hybridized carbons (Fsp3) is 0.556. The number of nitrogens with one attached hydrogen (secondary N) is 2. The number of carbonyl (C=O) groups is 1. The lowest BCUT2D eigenvalue weighted by Gasteiger charge is -2.12. The van der Waals surface area contributed by atoms with Gasteiger partial charge in [0.2, 0.25) is 0 Å². The van der Waals surface area contributed by atoms with Gasteiger partial charge in [0.1, 0.15) is 11.6 Å². The first-order chi connectivity index (χ1) is 12.1. The van der Waals surface area contributed by atoms with Crippen LogP contribution in [0.4, 0.5) is 8.78 Å². The molecule has 0 aliphatic heterocycles. The second-order valence-corrected chi connectivity index (χ2v) is 5.56. The molecule has 0 spiro atoms. The van der Waals surface area contributed by atoms with E-state index in [0.29, 0.717) is 25.5 Å². The minimum Gasteiger partial charge on any atom is -0.466 e. The molecule has 0 amide bonds. The van der Waals surface area contributed by atoms with Gasteiger partial charge in [0.15, 0.2) is 5.96 Å². The van der Waals surface area contributed by atoms with E-state index < -0.39 is 11.6 Å². The van der Waals surface area contributed by atoms with Gasteiger partial charge in [0.25, 0.3) is 0 Å². The van der Waals surface area contributed by atoms with Crippen molar-refractivity contribution in [1.29, 1.82) is 0 Å². The van der Waals surface area contributed by atoms with Gasteiger partial charge in [-0.25, -0.2) is 8.78 Å². The second-order valence-electron chi connectivity index (χ2n) is 5.56. The summed E-state index contributed by atoms with van der Waals surface area (Å²) in [5, 5.41) is 6.08. The van der Waals surface area contributed by atoms with Crippen molar-refractivity contribution in [3.05, 3.63) is 35.4 Å². The summed E-state index contributed by atoms with van der Waals surface area (Å²) in [6, 6.07) is 3.37. The van der Waals surface area contributed by atoms with Crippen LogP contribution in [0.2, 0.25) is 0 Å². The summed E-state index contributed by atoms with van der Waals surface area (Å²) >= 11 is 0. The van der Waals surface area contributed by atoms with Crippen LogP contribution in [0.25, 0.3) is 0 Å². The molecule has 5 nitrogen and oxygen atoms in total. The monoisotopic (exact) mass is 483 g/mol. The number of benzene rings is 1. The zero-order valence-electron chi connectivity index (χ0n) is 15.3. The maximum absolute atomic E-state index is 13.6. The van der Waals surface area contributed by atoms with E-state index in [1.54, 1.807) is 14.0 Å². The fourth-order valence-corrected chi connectivity index (χ4v) is 2.27. The second kappa shape index (κ2) is 14.7. The van der Waals surface area contributed by atoms with Crippen LogP contribution in [-0.2, 0) is 16.1 Å². The van der Waals surface area contributed by atoms with Gasteiger partial charge >= 0.3 is 5.97 Å². The van der Waals surface area contributed by atoms with E-state index in [-0.39, 0.29) is 42.1 Å². The Morgan fingerprint density at radius 2 is 1.88 bits per heavy atom. The maximum Gasteiger partial charge on any atom is 0.305 e. The first kappa shape index (κ1) is 24.6. The molecule has 0 radical (unpaired) electrons. The third-order valence-corrected chi connectivity index (χ3v) is 3.58. The van der Waals surface area contributed by atoms with Crippen LogP contribution in [0.15, 0.2) is 23.2 Å². The molecule has 0 atom stereocenters. The first-order valence-electron chi connectivity index (χ1n) is 8.61. The summed E-state index contributed by atoms with van der Waals surface area (Å²) < 4.78 is 31.6. The molecule has 0 aliphatic carbocycles. The van der Waals surface area contributed by atoms with Crippen molar-refractivity contribution >= 4 is 35.9 Å². The number of hydrogen-bond acceptors (Lipinski definition) is 3. The number of halogens is 3. The van der Waals surface area contributed by atoms with Crippen molar-refractivity contribution in [2.75, 3.05) is 20.2 Å². The van der Waals surface area contributed by atoms with E-state index in [9.17, 15) is 13.6 Å². The lowest BCUT2D eigenvalue weighted by atomic mass is 10.1. The summed E-state index contributed by atoms with van der Waals surface area (Å²) in [6.45, 7) is 3.09. The fourth-order valence-electron chi connectivity index (χ4n) is 2.27. The minimum absolute atomic E-state index is 0. The van der Waals surface area contributed by atoms with E-state index in [2.05, 4.69) is 15.6 Å². The van der Waals surface area contributed by atoms with Crippen molar-refractivity contribution < 1.29 is 18.3 Å². The quantitative estimate of drug-likeness (QED) is 0.175. The highest BCUT2D eigenvalue weighted by Crippen LogP contribution is 2.09. The molecule has 0 bridgehead atoms. The highest BCUT2D eigenvalue weighted by molar-refractivity contribution is 14.0. The molecule has 0 unspecified atom stereocenters.